The predicted octanol–water partition coefficient (Wildman–Crippen LogP) is 2.21. The number of carboxylic acid groups (broad SMARTS) is 1. The van der Waals surface area contributed by atoms with Crippen LogP contribution in [-0.4, -0.2) is 33.5 Å². The van der Waals surface area contributed by atoms with E-state index >= 15 is 0 Å². The van der Waals surface area contributed by atoms with Gasteiger partial charge in [-0.2, -0.15) is 11.8 Å². The number of aromatic carboxylic acids is 1. The summed E-state index contributed by atoms with van der Waals surface area (Å²) in [5.74, 6) is 0.615. The van der Waals surface area contributed by atoms with E-state index in [1.54, 1.807) is 17.8 Å². The molecule has 0 saturated carbocycles. The van der Waals surface area contributed by atoms with Gasteiger partial charge < -0.3 is 10.4 Å². The van der Waals surface area contributed by atoms with Crippen molar-refractivity contribution in [3.63, 3.8) is 0 Å². The number of carbonyl (C=O) groups is 1. The highest BCUT2D eigenvalue weighted by Gasteiger charge is 2.26. The lowest BCUT2D eigenvalue weighted by molar-refractivity contribution is -0.384. The van der Waals surface area contributed by atoms with Crippen LogP contribution in [0.1, 0.15) is 16.8 Å². The van der Waals surface area contributed by atoms with Gasteiger partial charge in [-0.1, -0.05) is 6.07 Å². The van der Waals surface area contributed by atoms with Crippen LogP contribution in [0.5, 0.6) is 0 Å². The van der Waals surface area contributed by atoms with Crippen molar-refractivity contribution in [2.45, 2.75) is 12.5 Å². The molecule has 18 heavy (non-hydrogen) atoms. The van der Waals surface area contributed by atoms with Gasteiger partial charge in [0.05, 0.1) is 4.92 Å². The number of hydrogen-bond donors (Lipinski definition) is 2. The molecule has 1 aliphatic rings. The molecule has 7 heteroatoms. The van der Waals surface area contributed by atoms with Gasteiger partial charge in [0.25, 0.3) is 0 Å². The highest BCUT2D eigenvalue weighted by molar-refractivity contribution is 7.99. The maximum absolute atomic E-state index is 11.0. The van der Waals surface area contributed by atoms with Crippen molar-refractivity contribution in [1.29, 1.82) is 0 Å². The van der Waals surface area contributed by atoms with Crippen LogP contribution in [-0.2, 0) is 0 Å². The summed E-state index contributed by atoms with van der Waals surface area (Å²) in [6, 6.07) is 4.47. The average molecular weight is 268 g/mol. The lowest BCUT2D eigenvalue weighted by Crippen LogP contribution is -2.19. The Morgan fingerprint density at radius 2 is 2.33 bits per heavy atom. The van der Waals surface area contributed by atoms with Crippen molar-refractivity contribution in [3.05, 3.63) is 33.9 Å². The van der Waals surface area contributed by atoms with Crippen molar-refractivity contribution in [2.75, 3.05) is 16.8 Å². The maximum atomic E-state index is 11.0. The van der Waals surface area contributed by atoms with E-state index < -0.39 is 10.9 Å². The van der Waals surface area contributed by atoms with Crippen LogP contribution in [0.4, 0.5) is 11.4 Å². The summed E-state index contributed by atoms with van der Waals surface area (Å²) in [4.78, 5) is 21.4. The molecule has 1 aromatic rings. The first-order valence-corrected chi connectivity index (χ1v) is 6.60. The number of rotatable bonds is 4. The third-order valence-electron chi connectivity index (χ3n) is 2.74. The van der Waals surface area contributed by atoms with Crippen molar-refractivity contribution in [3.8, 4) is 0 Å². The van der Waals surface area contributed by atoms with Crippen molar-refractivity contribution >= 4 is 29.1 Å². The van der Waals surface area contributed by atoms with E-state index in [4.69, 9.17) is 5.11 Å². The van der Waals surface area contributed by atoms with E-state index in [9.17, 15) is 14.9 Å². The lowest BCUT2D eigenvalue weighted by atomic mass is 10.1. The summed E-state index contributed by atoms with van der Waals surface area (Å²) in [7, 11) is 0. The van der Waals surface area contributed by atoms with Gasteiger partial charge in [-0.05, 0) is 24.3 Å². The van der Waals surface area contributed by atoms with E-state index in [0.29, 0.717) is 0 Å². The van der Waals surface area contributed by atoms with Gasteiger partial charge >= 0.3 is 11.7 Å². The van der Waals surface area contributed by atoms with Crippen molar-refractivity contribution in [2.24, 2.45) is 0 Å². The zero-order chi connectivity index (χ0) is 13.1. The second-order valence-corrected chi connectivity index (χ2v) is 5.12. The molecule has 1 aliphatic heterocycles. The molecule has 1 aromatic carbocycles. The Labute approximate surface area is 108 Å². The number of nitro groups is 1. The Hall–Kier alpha value is -1.76. The van der Waals surface area contributed by atoms with Crippen LogP contribution in [0.15, 0.2) is 18.2 Å². The van der Waals surface area contributed by atoms with E-state index in [0.717, 1.165) is 17.9 Å². The molecule has 0 radical (unpaired) electrons. The van der Waals surface area contributed by atoms with Crippen LogP contribution in [0.3, 0.4) is 0 Å². The molecule has 0 aliphatic carbocycles. The predicted molar refractivity (Wildman–Crippen MR) is 69.4 cm³/mol. The fraction of sp³-hybridized carbons (Fsp3) is 0.364. The van der Waals surface area contributed by atoms with Crippen molar-refractivity contribution in [1.82, 2.24) is 0 Å². The Morgan fingerprint density at radius 3 is 2.89 bits per heavy atom. The number of carboxylic acids is 1. The number of nitrogens with zero attached hydrogens (tertiary/aromatic N) is 1. The minimum Gasteiger partial charge on any atom is -0.477 e. The number of hydrogen-bond acceptors (Lipinski definition) is 5. The van der Waals surface area contributed by atoms with Crippen LogP contribution < -0.4 is 5.32 Å². The van der Waals surface area contributed by atoms with E-state index in [-0.39, 0.29) is 23.0 Å². The minimum absolute atomic E-state index is 0.165. The number of anilines is 1. The van der Waals surface area contributed by atoms with Crippen LogP contribution >= 0.6 is 11.8 Å². The zero-order valence-electron chi connectivity index (χ0n) is 9.46. The molecule has 1 fully saturated rings. The summed E-state index contributed by atoms with van der Waals surface area (Å²) >= 11 is 1.78. The maximum Gasteiger partial charge on any atom is 0.342 e. The zero-order valence-corrected chi connectivity index (χ0v) is 10.3. The summed E-state index contributed by atoms with van der Waals surface area (Å²) in [6.45, 7) is 0. The molecule has 2 N–H and O–H groups in total. The second kappa shape index (κ2) is 5.26. The second-order valence-electron chi connectivity index (χ2n) is 3.97. The minimum atomic E-state index is -1.29. The lowest BCUT2D eigenvalue weighted by Gasteiger charge is -2.13. The van der Waals surface area contributed by atoms with E-state index in [1.165, 1.54) is 12.1 Å². The Bertz CT molecular complexity index is 486. The average Bonchev–Trinajstić information content (AvgIpc) is 2.81. The fourth-order valence-corrected chi connectivity index (χ4v) is 3.05. The normalized spacial score (nSPS) is 18.6. The first-order chi connectivity index (χ1) is 8.59. The van der Waals surface area contributed by atoms with Crippen LogP contribution in [0.2, 0.25) is 0 Å². The van der Waals surface area contributed by atoms with Crippen LogP contribution in [0, 0.1) is 10.1 Å². The first-order valence-electron chi connectivity index (χ1n) is 5.44. The summed E-state index contributed by atoms with van der Waals surface area (Å²) in [5.41, 5.74) is -0.357. The molecule has 1 saturated heterocycles. The van der Waals surface area contributed by atoms with Gasteiger partial charge in [-0.25, -0.2) is 4.79 Å². The molecule has 96 valence electrons. The largest absolute Gasteiger partial charge is 0.477 e. The number of nitro benzene ring substituents is 1. The molecule has 0 aromatic heterocycles. The molecule has 0 amide bonds. The third-order valence-corrected chi connectivity index (χ3v) is 3.90. The molecular formula is C11H12N2O4S. The van der Waals surface area contributed by atoms with E-state index in [2.05, 4.69) is 5.32 Å². The Balaban J connectivity index is 2.36. The molecule has 1 atom stereocenters. The number of para-hydroxylation sites is 1. The Kier molecular flexibility index (Phi) is 3.71. The SMILES string of the molecule is O=C(O)c1cccc(NC2CCSC2)c1[N+](=O)[O-]. The van der Waals surface area contributed by atoms with Gasteiger partial charge in [0.1, 0.15) is 11.3 Å². The first kappa shape index (κ1) is 12.7. The van der Waals surface area contributed by atoms with Gasteiger partial charge in [-0.15, -0.1) is 0 Å². The van der Waals surface area contributed by atoms with Gasteiger partial charge in [0.15, 0.2) is 0 Å². The van der Waals surface area contributed by atoms with E-state index in [1.807, 2.05) is 0 Å². The molecule has 0 spiro atoms. The van der Waals surface area contributed by atoms with Gasteiger partial charge in [0, 0.05) is 11.8 Å². The molecule has 1 unspecified atom stereocenters. The standard InChI is InChI=1S/C11H12N2O4S/c14-11(15)8-2-1-3-9(10(8)13(16)17)12-7-4-5-18-6-7/h1-3,7,12H,4-6H2,(H,14,15). The summed E-state index contributed by atoms with van der Waals surface area (Å²) in [5, 5.41) is 23.0. The monoisotopic (exact) mass is 268 g/mol. The van der Waals surface area contributed by atoms with Gasteiger partial charge in [0.2, 0.25) is 0 Å². The molecular weight excluding hydrogens is 256 g/mol. The fourth-order valence-electron chi connectivity index (χ4n) is 1.90. The summed E-state index contributed by atoms with van der Waals surface area (Å²) in [6.07, 6.45) is 0.930. The number of thioether (sulfide) groups is 1. The van der Waals surface area contributed by atoms with Gasteiger partial charge in [-0.3, -0.25) is 10.1 Å². The highest BCUT2D eigenvalue weighted by Crippen LogP contribution is 2.31. The third kappa shape index (κ3) is 2.56. The van der Waals surface area contributed by atoms with Crippen LogP contribution in [0.25, 0.3) is 0 Å². The molecule has 6 nitrogen and oxygen atoms in total. The highest BCUT2D eigenvalue weighted by atomic mass is 32.2. The number of nitrogens with one attached hydrogen (secondary N) is 1. The molecule has 0 bridgehead atoms. The number of benzene rings is 1. The molecule has 1 heterocycles. The topological polar surface area (TPSA) is 92.5 Å². The summed E-state index contributed by atoms with van der Waals surface area (Å²) < 4.78 is 0. The molecule has 2 rings (SSSR count). The smallest absolute Gasteiger partial charge is 0.342 e. The van der Waals surface area contributed by atoms with Crippen molar-refractivity contribution < 1.29 is 14.8 Å². The Morgan fingerprint density at radius 1 is 1.56 bits per heavy atom. The quantitative estimate of drug-likeness (QED) is 0.642.